The first-order valence-electron chi connectivity index (χ1n) is 4.40. The number of fused-ring (bicyclic) bond motifs is 1. The molecule has 1 heterocycles. The minimum absolute atomic E-state index is 0.572. The van der Waals surface area contributed by atoms with Crippen molar-refractivity contribution in [3.05, 3.63) is 28.2 Å². The van der Waals surface area contributed by atoms with E-state index in [1.165, 1.54) is 0 Å². The molecule has 0 amide bonds. The summed E-state index contributed by atoms with van der Waals surface area (Å²) in [5.41, 5.74) is 1.84. The molecule has 1 aromatic rings. The molecule has 0 saturated carbocycles. The van der Waals surface area contributed by atoms with E-state index in [9.17, 15) is 0 Å². The molecular weight excluding hydrogens is 246 g/mol. The number of halogens is 1. The summed E-state index contributed by atoms with van der Waals surface area (Å²) >= 11 is 3.39. The molecule has 0 aromatic heterocycles. The lowest BCUT2D eigenvalue weighted by Gasteiger charge is -2.05. The number of ether oxygens (including phenoxy) is 1. The van der Waals surface area contributed by atoms with E-state index < -0.39 is 0 Å². The molecule has 0 bridgehead atoms. The second-order valence-electron chi connectivity index (χ2n) is 3.19. The number of hydrogen-bond acceptors (Lipinski definition) is 3. The van der Waals surface area contributed by atoms with Crippen LogP contribution in [0.25, 0.3) is 0 Å². The molecular formula is C10H10BrNO2. The third-order valence-electron chi connectivity index (χ3n) is 2.21. The summed E-state index contributed by atoms with van der Waals surface area (Å²) in [5, 5.41) is 12.0. The molecule has 0 fully saturated rings. The van der Waals surface area contributed by atoms with Gasteiger partial charge in [-0.25, -0.2) is 0 Å². The Balaban J connectivity index is 2.37. The summed E-state index contributed by atoms with van der Waals surface area (Å²) in [5.74, 6) is 0.873. The van der Waals surface area contributed by atoms with Crippen LogP contribution in [0.2, 0.25) is 0 Å². The Morgan fingerprint density at radius 3 is 3.07 bits per heavy atom. The monoisotopic (exact) mass is 255 g/mol. The highest BCUT2D eigenvalue weighted by Gasteiger charge is 2.13. The highest BCUT2D eigenvalue weighted by molar-refractivity contribution is 9.10. The molecule has 0 radical (unpaired) electrons. The number of nitrogens with zero attached hydrogens (tertiary/aromatic N) is 1. The van der Waals surface area contributed by atoms with Crippen molar-refractivity contribution in [3.63, 3.8) is 0 Å². The standard InChI is InChI=1S/C10H10BrNO2/c11-8-2-1-7-5-9(12-13)3-4-14-10(7)6-8/h1-2,6,13H,3-5H2/b12-9+. The second kappa shape index (κ2) is 4.00. The van der Waals surface area contributed by atoms with E-state index in [1.807, 2.05) is 18.2 Å². The Labute approximate surface area is 90.5 Å². The third-order valence-corrected chi connectivity index (χ3v) is 2.71. The van der Waals surface area contributed by atoms with Crippen LogP contribution in [0.4, 0.5) is 0 Å². The maximum atomic E-state index is 8.72. The minimum atomic E-state index is 0.572. The smallest absolute Gasteiger partial charge is 0.124 e. The fourth-order valence-corrected chi connectivity index (χ4v) is 1.82. The second-order valence-corrected chi connectivity index (χ2v) is 4.11. The van der Waals surface area contributed by atoms with E-state index in [0.29, 0.717) is 19.4 Å². The number of hydrogen-bond donors (Lipinski definition) is 1. The summed E-state index contributed by atoms with van der Waals surface area (Å²) < 4.78 is 6.54. The van der Waals surface area contributed by atoms with Crippen LogP contribution in [0.1, 0.15) is 12.0 Å². The summed E-state index contributed by atoms with van der Waals surface area (Å²) in [6.45, 7) is 0.572. The van der Waals surface area contributed by atoms with E-state index in [4.69, 9.17) is 9.94 Å². The van der Waals surface area contributed by atoms with Crippen molar-refractivity contribution in [2.45, 2.75) is 12.8 Å². The van der Waals surface area contributed by atoms with Crippen LogP contribution in [0.15, 0.2) is 27.8 Å². The molecule has 0 atom stereocenters. The van der Waals surface area contributed by atoms with Crippen LogP contribution in [0, 0.1) is 0 Å². The first kappa shape index (κ1) is 9.52. The van der Waals surface area contributed by atoms with Crippen LogP contribution < -0.4 is 4.74 Å². The summed E-state index contributed by atoms with van der Waals surface area (Å²) in [6.07, 6.45) is 1.35. The Hall–Kier alpha value is -1.03. The zero-order chi connectivity index (χ0) is 9.97. The van der Waals surface area contributed by atoms with Crippen molar-refractivity contribution < 1.29 is 9.94 Å². The lowest BCUT2D eigenvalue weighted by Crippen LogP contribution is -2.03. The molecule has 0 aliphatic carbocycles. The average molecular weight is 256 g/mol. The van der Waals surface area contributed by atoms with Gasteiger partial charge in [-0.3, -0.25) is 0 Å². The van der Waals surface area contributed by atoms with Gasteiger partial charge in [0.25, 0.3) is 0 Å². The number of rotatable bonds is 0. The predicted octanol–water partition coefficient (Wildman–Crippen LogP) is 2.60. The average Bonchev–Trinajstić information content (AvgIpc) is 2.38. The van der Waals surface area contributed by atoms with Gasteiger partial charge in [-0.05, 0) is 17.7 Å². The van der Waals surface area contributed by atoms with Gasteiger partial charge in [-0.15, -0.1) is 0 Å². The van der Waals surface area contributed by atoms with Crippen LogP contribution in [-0.2, 0) is 6.42 Å². The molecule has 0 saturated heterocycles. The third kappa shape index (κ3) is 1.90. The minimum Gasteiger partial charge on any atom is -0.493 e. The molecule has 2 rings (SSSR count). The molecule has 74 valence electrons. The SMILES string of the molecule is O/N=C1\CCOc2cc(Br)ccc2C1. The first-order chi connectivity index (χ1) is 6.79. The molecule has 14 heavy (non-hydrogen) atoms. The lowest BCUT2D eigenvalue weighted by molar-refractivity contribution is 0.309. The van der Waals surface area contributed by atoms with Crippen molar-refractivity contribution in [2.75, 3.05) is 6.61 Å². The molecule has 1 N–H and O–H groups in total. The van der Waals surface area contributed by atoms with Crippen molar-refractivity contribution in [1.82, 2.24) is 0 Å². The van der Waals surface area contributed by atoms with Crippen molar-refractivity contribution in [2.24, 2.45) is 5.16 Å². The van der Waals surface area contributed by atoms with Gasteiger partial charge >= 0.3 is 0 Å². The Morgan fingerprint density at radius 1 is 1.43 bits per heavy atom. The summed E-state index contributed by atoms with van der Waals surface area (Å²) in [4.78, 5) is 0. The van der Waals surface area contributed by atoms with E-state index in [2.05, 4.69) is 21.1 Å². The first-order valence-corrected chi connectivity index (χ1v) is 5.20. The highest BCUT2D eigenvalue weighted by atomic mass is 79.9. The van der Waals surface area contributed by atoms with Gasteiger partial charge < -0.3 is 9.94 Å². The van der Waals surface area contributed by atoms with Crippen molar-refractivity contribution in [1.29, 1.82) is 0 Å². The topological polar surface area (TPSA) is 41.8 Å². The normalized spacial score (nSPS) is 18.5. The predicted molar refractivity (Wildman–Crippen MR) is 57.2 cm³/mol. The molecule has 1 aromatic carbocycles. The molecule has 1 aliphatic heterocycles. The van der Waals surface area contributed by atoms with E-state index >= 15 is 0 Å². The van der Waals surface area contributed by atoms with Crippen molar-refractivity contribution >= 4 is 21.6 Å². The van der Waals surface area contributed by atoms with Gasteiger partial charge in [0.05, 0.1) is 12.3 Å². The number of benzene rings is 1. The summed E-state index contributed by atoms with van der Waals surface area (Å²) in [7, 11) is 0. The number of oxime groups is 1. The van der Waals surface area contributed by atoms with Gasteiger partial charge in [0.2, 0.25) is 0 Å². The van der Waals surface area contributed by atoms with Gasteiger partial charge in [0, 0.05) is 17.3 Å². The molecule has 4 heteroatoms. The Kier molecular flexibility index (Phi) is 2.72. The Morgan fingerprint density at radius 2 is 2.29 bits per heavy atom. The molecule has 3 nitrogen and oxygen atoms in total. The van der Waals surface area contributed by atoms with Crippen LogP contribution in [0.5, 0.6) is 5.75 Å². The fraction of sp³-hybridized carbons (Fsp3) is 0.300. The lowest BCUT2D eigenvalue weighted by atomic mass is 10.1. The zero-order valence-electron chi connectivity index (χ0n) is 7.53. The van der Waals surface area contributed by atoms with Gasteiger partial charge in [0.1, 0.15) is 5.75 Å². The van der Waals surface area contributed by atoms with Crippen LogP contribution in [0.3, 0.4) is 0 Å². The quantitative estimate of drug-likeness (QED) is 0.572. The Bertz CT molecular complexity index is 376. The van der Waals surface area contributed by atoms with E-state index in [0.717, 1.165) is 21.5 Å². The van der Waals surface area contributed by atoms with Crippen LogP contribution >= 0.6 is 15.9 Å². The highest BCUT2D eigenvalue weighted by Crippen LogP contribution is 2.26. The summed E-state index contributed by atoms with van der Waals surface area (Å²) in [6, 6.07) is 5.88. The van der Waals surface area contributed by atoms with Gasteiger partial charge in [0.15, 0.2) is 0 Å². The molecule has 0 spiro atoms. The molecule has 0 unspecified atom stereocenters. The van der Waals surface area contributed by atoms with Gasteiger partial charge in [-0.2, -0.15) is 0 Å². The maximum Gasteiger partial charge on any atom is 0.124 e. The van der Waals surface area contributed by atoms with Gasteiger partial charge in [-0.1, -0.05) is 27.2 Å². The fourth-order valence-electron chi connectivity index (χ4n) is 1.48. The molecule has 1 aliphatic rings. The van der Waals surface area contributed by atoms with E-state index in [-0.39, 0.29) is 0 Å². The zero-order valence-corrected chi connectivity index (χ0v) is 9.12. The largest absolute Gasteiger partial charge is 0.493 e. The van der Waals surface area contributed by atoms with Crippen molar-refractivity contribution in [3.8, 4) is 5.75 Å². The van der Waals surface area contributed by atoms with E-state index in [1.54, 1.807) is 0 Å². The van der Waals surface area contributed by atoms with Crippen LogP contribution in [-0.4, -0.2) is 17.5 Å². The maximum absolute atomic E-state index is 8.72.